The van der Waals surface area contributed by atoms with Gasteiger partial charge >= 0.3 is 0 Å². The molecule has 0 amide bonds. The molecule has 0 saturated carbocycles. The van der Waals surface area contributed by atoms with Crippen LogP contribution in [0.4, 0.5) is 0 Å². The second-order valence-corrected chi connectivity index (χ2v) is 6.21. The maximum atomic E-state index is 10.4. The number of aromatic nitrogens is 3. The van der Waals surface area contributed by atoms with Crippen LogP contribution in [-0.4, -0.2) is 50.4 Å². The van der Waals surface area contributed by atoms with Gasteiger partial charge in [0.25, 0.3) is 0 Å². The fourth-order valence-electron chi connectivity index (χ4n) is 2.70. The van der Waals surface area contributed by atoms with E-state index in [9.17, 15) is 5.11 Å². The maximum absolute atomic E-state index is 10.4. The molecule has 1 atom stereocenters. The van der Waals surface area contributed by atoms with Crippen LogP contribution in [0.5, 0.6) is 0 Å². The Morgan fingerprint density at radius 3 is 1.96 bits per heavy atom. The van der Waals surface area contributed by atoms with E-state index in [-0.39, 0.29) is 0 Å². The van der Waals surface area contributed by atoms with E-state index in [0.717, 1.165) is 17.1 Å². The van der Waals surface area contributed by atoms with Gasteiger partial charge in [0.2, 0.25) is 0 Å². The summed E-state index contributed by atoms with van der Waals surface area (Å²) in [5, 5.41) is 10.4. The van der Waals surface area contributed by atoms with Crippen molar-refractivity contribution in [3.8, 4) is 0 Å². The maximum Gasteiger partial charge on any atom is 0.0862 e. The quantitative estimate of drug-likeness (QED) is 0.592. The largest absolute Gasteiger partial charge is 0.390 e. The normalized spacial score (nSPS) is 12.5. The third-order valence-electron chi connectivity index (χ3n) is 3.92. The first-order chi connectivity index (χ1) is 13.3. The first-order valence-corrected chi connectivity index (χ1v) is 8.91. The molecular formula is C21H23N5O. The molecule has 0 saturated heterocycles. The molecule has 0 fully saturated rings. The van der Waals surface area contributed by atoms with E-state index in [1.165, 1.54) is 0 Å². The van der Waals surface area contributed by atoms with Crippen molar-refractivity contribution in [2.45, 2.75) is 19.2 Å². The number of aliphatic hydroxyl groups is 1. The van der Waals surface area contributed by atoms with Crippen molar-refractivity contribution in [1.29, 1.82) is 0 Å². The highest BCUT2D eigenvalue weighted by atomic mass is 16.3. The second-order valence-electron chi connectivity index (χ2n) is 6.21. The molecule has 3 heterocycles. The zero-order valence-corrected chi connectivity index (χ0v) is 15.1. The lowest BCUT2D eigenvalue weighted by Gasteiger charge is -2.24. The zero-order valence-electron chi connectivity index (χ0n) is 15.1. The Labute approximate surface area is 159 Å². The molecule has 0 aliphatic heterocycles. The summed E-state index contributed by atoms with van der Waals surface area (Å²) >= 11 is 0. The average Bonchev–Trinajstić information content (AvgIpc) is 2.70. The average molecular weight is 361 g/mol. The molecule has 0 aromatic carbocycles. The van der Waals surface area contributed by atoms with Crippen LogP contribution < -0.4 is 0 Å². The Morgan fingerprint density at radius 1 is 0.852 bits per heavy atom. The van der Waals surface area contributed by atoms with Crippen LogP contribution in [0.25, 0.3) is 0 Å². The Hall–Kier alpha value is -2.96. The van der Waals surface area contributed by atoms with Crippen molar-refractivity contribution < 1.29 is 5.11 Å². The molecule has 3 rings (SSSR count). The van der Waals surface area contributed by atoms with Crippen molar-refractivity contribution >= 4 is 6.21 Å². The predicted octanol–water partition coefficient (Wildman–Crippen LogP) is 2.35. The van der Waals surface area contributed by atoms with Crippen LogP contribution >= 0.6 is 0 Å². The lowest BCUT2D eigenvalue weighted by molar-refractivity contribution is 0.109. The Bertz CT molecular complexity index is 770. The molecule has 0 bridgehead atoms. The minimum Gasteiger partial charge on any atom is -0.390 e. The highest BCUT2D eigenvalue weighted by Crippen LogP contribution is 2.08. The van der Waals surface area contributed by atoms with Gasteiger partial charge in [-0.15, -0.1) is 0 Å². The zero-order chi connectivity index (χ0) is 18.7. The molecule has 1 N–H and O–H groups in total. The summed E-state index contributed by atoms with van der Waals surface area (Å²) in [5.41, 5.74) is 2.69. The number of pyridine rings is 3. The fourth-order valence-corrected chi connectivity index (χ4v) is 2.70. The number of aliphatic imine (C=N–C) groups is 1. The van der Waals surface area contributed by atoms with Gasteiger partial charge in [-0.3, -0.25) is 24.8 Å². The fraction of sp³-hybridized carbons (Fsp3) is 0.238. The summed E-state index contributed by atoms with van der Waals surface area (Å²) < 4.78 is 0. The van der Waals surface area contributed by atoms with Crippen molar-refractivity contribution in [3.05, 3.63) is 90.3 Å². The standard InChI is InChI=1S/C21H23N5O/c27-21(14-22-13-18-7-1-4-10-23-18)17-26(15-19-8-2-5-11-24-19)16-20-9-3-6-12-25-20/h1-13,21,27H,14-17H2. The highest BCUT2D eigenvalue weighted by Gasteiger charge is 2.13. The van der Waals surface area contributed by atoms with Gasteiger partial charge in [-0.25, -0.2) is 0 Å². The van der Waals surface area contributed by atoms with E-state index in [2.05, 4.69) is 24.8 Å². The van der Waals surface area contributed by atoms with Gasteiger partial charge in [-0.2, -0.15) is 0 Å². The van der Waals surface area contributed by atoms with Gasteiger partial charge in [0.05, 0.1) is 29.7 Å². The van der Waals surface area contributed by atoms with Gasteiger partial charge in [-0.05, 0) is 36.4 Å². The number of nitrogens with zero attached hydrogens (tertiary/aromatic N) is 5. The summed E-state index contributed by atoms with van der Waals surface area (Å²) in [7, 11) is 0. The number of hydrogen-bond donors (Lipinski definition) is 1. The molecule has 6 nitrogen and oxygen atoms in total. The summed E-state index contributed by atoms with van der Waals surface area (Å²) in [5.74, 6) is 0. The van der Waals surface area contributed by atoms with E-state index in [0.29, 0.717) is 26.2 Å². The molecule has 3 aromatic rings. The molecule has 3 aromatic heterocycles. The van der Waals surface area contributed by atoms with E-state index in [1.54, 1.807) is 24.8 Å². The third-order valence-corrected chi connectivity index (χ3v) is 3.92. The molecule has 0 aliphatic carbocycles. The van der Waals surface area contributed by atoms with Crippen LogP contribution in [-0.2, 0) is 13.1 Å². The molecule has 0 spiro atoms. The Kier molecular flexibility index (Phi) is 7.15. The Balaban J connectivity index is 1.60. The van der Waals surface area contributed by atoms with Gasteiger partial charge in [-0.1, -0.05) is 18.2 Å². The minimum atomic E-state index is -0.586. The van der Waals surface area contributed by atoms with Crippen molar-refractivity contribution in [1.82, 2.24) is 19.9 Å². The molecular weight excluding hydrogens is 338 g/mol. The van der Waals surface area contributed by atoms with Crippen LogP contribution in [0, 0.1) is 0 Å². The molecule has 27 heavy (non-hydrogen) atoms. The molecule has 0 radical (unpaired) electrons. The van der Waals surface area contributed by atoms with Crippen LogP contribution in [0.2, 0.25) is 0 Å². The Morgan fingerprint density at radius 2 is 1.44 bits per heavy atom. The third kappa shape index (κ3) is 6.69. The van der Waals surface area contributed by atoms with Crippen molar-refractivity contribution in [2.24, 2.45) is 4.99 Å². The second kappa shape index (κ2) is 10.3. The summed E-state index contributed by atoms with van der Waals surface area (Å²) in [4.78, 5) is 19.4. The molecule has 6 heteroatoms. The van der Waals surface area contributed by atoms with E-state index >= 15 is 0 Å². The van der Waals surface area contributed by atoms with Crippen LogP contribution in [0.15, 0.2) is 78.2 Å². The summed E-state index contributed by atoms with van der Waals surface area (Å²) in [6.45, 7) is 2.07. The first kappa shape index (κ1) is 18.8. The number of aliphatic hydroxyl groups excluding tert-OH is 1. The molecule has 138 valence electrons. The molecule has 1 unspecified atom stereocenters. The SMILES string of the molecule is OC(CN=Cc1ccccn1)CN(Cc1ccccn1)Cc1ccccn1. The minimum absolute atomic E-state index is 0.317. The lowest BCUT2D eigenvalue weighted by Crippen LogP contribution is -2.33. The topological polar surface area (TPSA) is 74.5 Å². The van der Waals surface area contributed by atoms with Gasteiger partial charge in [0.15, 0.2) is 0 Å². The number of rotatable bonds is 9. The van der Waals surface area contributed by atoms with E-state index < -0.39 is 6.10 Å². The predicted molar refractivity (Wildman–Crippen MR) is 105 cm³/mol. The first-order valence-electron chi connectivity index (χ1n) is 8.91. The van der Waals surface area contributed by atoms with Crippen molar-refractivity contribution in [3.63, 3.8) is 0 Å². The smallest absolute Gasteiger partial charge is 0.0862 e. The van der Waals surface area contributed by atoms with Crippen LogP contribution in [0.3, 0.4) is 0 Å². The summed E-state index contributed by atoms with van der Waals surface area (Å²) in [6, 6.07) is 17.3. The summed E-state index contributed by atoms with van der Waals surface area (Å²) in [6.07, 6.45) is 6.38. The number of hydrogen-bond acceptors (Lipinski definition) is 6. The van der Waals surface area contributed by atoms with Gasteiger partial charge < -0.3 is 5.11 Å². The lowest BCUT2D eigenvalue weighted by atomic mass is 10.2. The van der Waals surface area contributed by atoms with Gasteiger partial charge in [0.1, 0.15) is 0 Å². The van der Waals surface area contributed by atoms with Gasteiger partial charge in [0, 0.05) is 44.4 Å². The molecule has 0 aliphatic rings. The highest BCUT2D eigenvalue weighted by molar-refractivity contribution is 5.76. The van der Waals surface area contributed by atoms with Crippen LogP contribution in [0.1, 0.15) is 17.1 Å². The van der Waals surface area contributed by atoms with Crippen molar-refractivity contribution in [2.75, 3.05) is 13.1 Å². The van der Waals surface area contributed by atoms with E-state index in [4.69, 9.17) is 0 Å². The monoisotopic (exact) mass is 361 g/mol. The van der Waals surface area contributed by atoms with E-state index in [1.807, 2.05) is 54.6 Å².